The Morgan fingerprint density at radius 2 is 1.57 bits per heavy atom. The zero-order valence-corrected chi connectivity index (χ0v) is 8.62. The molecule has 76 valence electrons. The van der Waals surface area contributed by atoms with E-state index in [1.807, 2.05) is 0 Å². The molecule has 0 radical (unpaired) electrons. The van der Waals surface area contributed by atoms with Crippen molar-refractivity contribution in [1.82, 2.24) is 0 Å². The third kappa shape index (κ3) is 0.294. The summed E-state index contributed by atoms with van der Waals surface area (Å²) >= 11 is 0. The molecule has 6 rings (SSSR count). The lowest BCUT2D eigenvalue weighted by Gasteiger charge is -3.06. The van der Waals surface area contributed by atoms with E-state index in [0.29, 0.717) is 23.3 Å². The molecule has 6 aliphatic carbocycles. The first kappa shape index (κ1) is 7.94. The third-order valence-electron chi connectivity index (χ3n) is 6.38. The Kier molecular flexibility index (Phi) is 0.872. The van der Waals surface area contributed by atoms with Crippen LogP contribution in [0.15, 0.2) is 0 Å². The quantitative estimate of drug-likeness (QED) is 0.451. The maximum Gasteiger partial charge on any atom is 0.312 e. The van der Waals surface area contributed by atoms with Crippen LogP contribution in [0.4, 0.5) is 0 Å². The van der Waals surface area contributed by atoms with Gasteiger partial charge in [0.1, 0.15) is 5.54 Å². The Hall–Kier alpha value is -0.280. The van der Waals surface area contributed by atoms with Crippen molar-refractivity contribution in [2.45, 2.75) is 5.54 Å². The second-order valence-corrected chi connectivity index (χ2v) is 5.69. The second-order valence-electron chi connectivity index (χ2n) is 5.69. The molecule has 0 heterocycles. The standard InChI is InChI=1S/C10H11NO2.ClH/c1-13-8(12)9-2-5-3(9)7-4(9)6(2)10(5,7)11;/h2-7H,11H2,1H3;1H. The van der Waals surface area contributed by atoms with Crippen molar-refractivity contribution in [3.05, 3.63) is 0 Å². The summed E-state index contributed by atoms with van der Waals surface area (Å²) in [6.45, 7) is 0. The van der Waals surface area contributed by atoms with E-state index in [4.69, 9.17) is 4.74 Å². The van der Waals surface area contributed by atoms with Crippen molar-refractivity contribution < 1.29 is 27.7 Å². The van der Waals surface area contributed by atoms with Crippen molar-refractivity contribution in [3.8, 4) is 0 Å². The Labute approximate surface area is 87.8 Å². The molecule has 0 unspecified atom stereocenters. The summed E-state index contributed by atoms with van der Waals surface area (Å²) in [5, 5.41) is 0. The van der Waals surface area contributed by atoms with Crippen LogP contribution in [0.1, 0.15) is 0 Å². The average Bonchev–Trinajstić information content (AvgIpc) is 2.18. The number of methoxy groups -OCH3 is 1. The van der Waals surface area contributed by atoms with Gasteiger partial charge in [-0.25, -0.2) is 0 Å². The lowest BCUT2D eigenvalue weighted by atomic mass is 8.94. The number of halogens is 1. The summed E-state index contributed by atoms with van der Waals surface area (Å²) in [4.78, 5) is 11.7. The number of quaternary nitrogens is 1. The summed E-state index contributed by atoms with van der Waals surface area (Å²) in [5.74, 6) is 4.69. The monoisotopic (exact) mass is 213 g/mol. The highest BCUT2D eigenvalue weighted by molar-refractivity contribution is 5.88. The van der Waals surface area contributed by atoms with Gasteiger partial charge in [-0.15, -0.1) is 0 Å². The summed E-state index contributed by atoms with van der Waals surface area (Å²) < 4.78 is 4.93. The number of hydrogen-bond acceptors (Lipinski definition) is 2. The SMILES string of the molecule is COC(=O)C12C3C4C1C1C2C3C41[NH3+].[Cl-]. The van der Waals surface area contributed by atoms with Gasteiger partial charge in [-0.05, 0) is 17.8 Å². The fourth-order valence-corrected chi connectivity index (χ4v) is 6.34. The molecule has 14 heavy (non-hydrogen) atoms. The van der Waals surface area contributed by atoms with Gasteiger partial charge < -0.3 is 22.9 Å². The van der Waals surface area contributed by atoms with Crippen LogP contribution in [-0.4, -0.2) is 18.6 Å². The molecule has 6 aliphatic rings. The van der Waals surface area contributed by atoms with Crippen LogP contribution in [0.3, 0.4) is 0 Å². The normalized spacial score (nSPS) is 76.1. The Balaban J connectivity index is 0.000000578. The van der Waals surface area contributed by atoms with Crippen molar-refractivity contribution >= 4 is 5.97 Å². The second kappa shape index (κ2) is 1.54. The van der Waals surface area contributed by atoms with Gasteiger partial charge in [0, 0.05) is 17.8 Å². The molecule has 6 saturated carbocycles. The molecular formula is C10H12ClNO2. The zero-order valence-electron chi connectivity index (χ0n) is 7.87. The number of carbonyl (C=O) groups is 1. The topological polar surface area (TPSA) is 53.9 Å². The number of carbonyl (C=O) groups excluding carboxylic acids is 1. The first-order valence-electron chi connectivity index (χ1n) is 5.15. The van der Waals surface area contributed by atoms with Gasteiger partial charge in [0.15, 0.2) is 0 Å². The highest BCUT2D eigenvalue weighted by Gasteiger charge is 3.13. The molecule has 4 heteroatoms. The summed E-state index contributed by atoms with van der Waals surface area (Å²) in [6, 6.07) is 0. The molecule has 0 aliphatic heterocycles. The fraction of sp³-hybridized carbons (Fsp3) is 0.900. The van der Waals surface area contributed by atoms with Crippen molar-refractivity contribution in [2.75, 3.05) is 7.11 Å². The highest BCUT2D eigenvalue weighted by Crippen LogP contribution is 3.05. The molecule has 0 aromatic carbocycles. The van der Waals surface area contributed by atoms with Crippen molar-refractivity contribution in [2.24, 2.45) is 40.9 Å². The molecule has 0 atom stereocenters. The van der Waals surface area contributed by atoms with Crippen LogP contribution in [0.25, 0.3) is 0 Å². The summed E-state index contributed by atoms with van der Waals surface area (Å²) in [6.07, 6.45) is 0. The Bertz CT molecular complexity index is 340. The van der Waals surface area contributed by atoms with Crippen LogP contribution < -0.4 is 18.1 Å². The molecule has 0 aromatic heterocycles. The first-order chi connectivity index (χ1) is 6.21. The maximum atomic E-state index is 11.7. The molecule has 0 spiro atoms. The van der Waals surface area contributed by atoms with Gasteiger partial charge in [0.25, 0.3) is 0 Å². The minimum Gasteiger partial charge on any atom is -1.00 e. The van der Waals surface area contributed by atoms with Crippen LogP contribution >= 0.6 is 0 Å². The van der Waals surface area contributed by atoms with E-state index in [1.165, 1.54) is 7.11 Å². The Morgan fingerprint density at radius 3 is 1.93 bits per heavy atom. The van der Waals surface area contributed by atoms with Gasteiger partial charge in [0.05, 0.1) is 12.5 Å². The molecular weight excluding hydrogens is 202 g/mol. The van der Waals surface area contributed by atoms with Gasteiger partial charge in [-0.1, -0.05) is 0 Å². The van der Waals surface area contributed by atoms with E-state index in [1.54, 1.807) is 0 Å². The smallest absolute Gasteiger partial charge is 0.312 e. The number of hydrogen-bond donors (Lipinski definition) is 1. The van der Waals surface area contributed by atoms with Crippen molar-refractivity contribution in [3.63, 3.8) is 0 Å². The Morgan fingerprint density at radius 1 is 1.14 bits per heavy atom. The lowest BCUT2D eigenvalue weighted by Crippen LogP contribution is -3.21. The largest absolute Gasteiger partial charge is 1.00 e. The van der Waals surface area contributed by atoms with Gasteiger partial charge in [-0.2, -0.15) is 0 Å². The van der Waals surface area contributed by atoms with E-state index in [0.717, 1.165) is 17.8 Å². The van der Waals surface area contributed by atoms with Crippen LogP contribution in [0, 0.1) is 40.9 Å². The van der Waals surface area contributed by atoms with Crippen LogP contribution in [0.2, 0.25) is 0 Å². The molecule has 3 nitrogen and oxygen atoms in total. The zero-order chi connectivity index (χ0) is 8.75. The molecule has 0 saturated heterocycles. The van der Waals surface area contributed by atoms with Crippen molar-refractivity contribution in [1.29, 1.82) is 0 Å². The number of ether oxygens (including phenoxy) is 1. The van der Waals surface area contributed by atoms with E-state index in [2.05, 4.69) is 5.73 Å². The van der Waals surface area contributed by atoms with E-state index in [9.17, 15) is 4.79 Å². The van der Waals surface area contributed by atoms with Gasteiger partial charge in [-0.3, -0.25) is 4.79 Å². The number of rotatable bonds is 1. The van der Waals surface area contributed by atoms with Gasteiger partial charge in [0.2, 0.25) is 0 Å². The molecule has 0 aromatic rings. The fourth-order valence-electron chi connectivity index (χ4n) is 6.34. The molecule has 0 amide bonds. The van der Waals surface area contributed by atoms with E-state index in [-0.39, 0.29) is 23.8 Å². The van der Waals surface area contributed by atoms with Crippen LogP contribution in [-0.2, 0) is 9.53 Å². The molecule has 3 N–H and O–H groups in total. The predicted octanol–water partition coefficient (Wildman–Crippen LogP) is -4.10. The highest BCUT2D eigenvalue weighted by atomic mass is 35.5. The predicted molar refractivity (Wildman–Crippen MR) is 41.0 cm³/mol. The minimum absolute atomic E-state index is 0. The molecule has 6 fully saturated rings. The third-order valence-corrected chi connectivity index (χ3v) is 6.38. The summed E-state index contributed by atoms with van der Waals surface area (Å²) in [5.41, 5.74) is 4.85. The van der Waals surface area contributed by atoms with E-state index < -0.39 is 0 Å². The van der Waals surface area contributed by atoms with Crippen LogP contribution in [0.5, 0.6) is 0 Å². The number of esters is 1. The average molecular weight is 214 g/mol. The minimum atomic E-state index is 0. The summed E-state index contributed by atoms with van der Waals surface area (Å²) in [7, 11) is 1.53. The van der Waals surface area contributed by atoms with E-state index >= 15 is 0 Å². The molecule has 0 bridgehead atoms. The first-order valence-corrected chi connectivity index (χ1v) is 5.15. The maximum absolute atomic E-state index is 11.7. The van der Waals surface area contributed by atoms with Gasteiger partial charge >= 0.3 is 5.97 Å². The lowest BCUT2D eigenvalue weighted by molar-refractivity contribution is -0.763.